The fourth-order valence-electron chi connectivity index (χ4n) is 2.26. The van der Waals surface area contributed by atoms with Crippen LogP contribution in [0.15, 0.2) is 40.8 Å². The predicted molar refractivity (Wildman–Crippen MR) is 120 cm³/mol. The van der Waals surface area contributed by atoms with Gasteiger partial charge >= 0.3 is 0 Å². The molecule has 0 unspecified atom stereocenters. The van der Waals surface area contributed by atoms with Gasteiger partial charge in [-0.3, -0.25) is 9.79 Å². The van der Waals surface area contributed by atoms with Gasteiger partial charge in [-0.15, -0.1) is 35.3 Å². The number of rotatable bonds is 7. The van der Waals surface area contributed by atoms with Crippen LogP contribution >= 0.6 is 35.3 Å². The highest BCUT2D eigenvalue weighted by molar-refractivity contribution is 14.0. The minimum Gasteiger partial charge on any atom is -0.356 e. The van der Waals surface area contributed by atoms with Crippen LogP contribution in [0, 0.1) is 6.92 Å². The number of carbonyl (C=O) groups excluding carboxylic acids is 1. The van der Waals surface area contributed by atoms with Crippen LogP contribution in [0.5, 0.6) is 0 Å². The molecular formula is C18H26IN5OS. The lowest BCUT2D eigenvalue weighted by molar-refractivity contribution is -0.116. The number of anilines is 1. The number of nitrogens with one attached hydrogen (secondary N) is 2. The van der Waals surface area contributed by atoms with E-state index in [1.807, 2.05) is 20.0 Å². The molecule has 2 rings (SSSR count). The van der Waals surface area contributed by atoms with Crippen molar-refractivity contribution in [1.82, 2.24) is 15.2 Å². The van der Waals surface area contributed by atoms with Crippen molar-refractivity contribution in [2.75, 3.05) is 32.5 Å². The number of likely N-dealkylation sites (N-methyl/N-ethyl adjacent to an activating group) is 1. The maximum atomic E-state index is 12.0. The van der Waals surface area contributed by atoms with E-state index in [4.69, 9.17) is 0 Å². The van der Waals surface area contributed by atoms with E-state index in [-0.39, 0.29) is 29.9 Å². The third-order valence-corrected chi connectivity index (χ3v) is 4.60. The molecule has 8 heteroatoms. The summed E-state index contributed by atoms with van der Waals surface area (Å²) in [6.45, 7) is 3.36. The molecule has 2 N–H and O–H groups in total. The molecule has 2 heterocycles. The monoisotopic (exact) mass is 487 g/mol. The van der Waals surface area contributed by atoms with E-state index < -0.39 is 0 Å². The van der Waals surface area contributed by atoms with E-state index in [0.717, 1.165) is 24.5 Å². The molecule has 2 aromatic rings. The lowest BCUT2D eigenvalue weighted by Gasteiger charge is -2.21. The summed E-state index contributed by atoms with van der Waals surface area (Å²) in [4.78, 5) is 23.8. The average Bonchev–Trinajstić information content (AvgIpc) is 3.12. The van der Waals surface area contributed by atoms with E-state index >= 15 is 0 Å². The van der Waals surface area contributed by atoms with Crippen LogP contribution in [0.25, 0.3) is 0 Å². The first-order valence-corrected chi connectivity index (χ1v) is 9.13. The van der Waals surface area contributed by atoms with Gasteiger partial charge in [-0.2, -0.15) is 0 Å². The minimum absolute atomic E-state index is 0. The maximum Gasteiger partial charge on any atom is 0.227 e. The molecule has 142 valence electrons. The van der Waals surface area contributed by atoms with Crippen LogP contribution in [0.2, 0.25) is 0 Å². The van der Waals surface area contributed by atoms with Gasteiger partial charge in [0.25, 0.3) is 0 Å². The third-order valence-electron chi connectivity index (χ3n) is 3.66. The second-order valence-electron chi connectivity index (χ2n) is 5.74. The summed E-state index contributed by atoms with van der Waals surface area (Å²) >= 11 is 1.76. The molecule has 0 bridgehead atoms. The Bertz CT molecular complexity index is 688. The summed E-state index contributed by atoms with van der Waals surface area (Å²) in [6.07, 6.45) is 3.07. The standard InChI is InChI=1S/C18H25N5OS.HI/c1-14-6-7-16(21-13-14)22-17(24)8-10-20-18(19-2)23(3)11-9-15-5-4-12-25-15;/h4-7,12-13H,8-11H2,1-3H3,(H,19,20)(H,21,22,24);1H. The molecule has 26 heavy (non-hydrogen) atoms. The maximum absolute atomic E-state index is 12.0. The van der Waals surface area contributed by atoms with Crippen molar-refractivity contribution in [2.45, 2.75) is 19.8 Å². The zero-order chi connectivity index (χ0) is 18.1. The number of nitrogens with zero attached hydrogens (tertiary/aromatic N) is 3. The van der Waals surface area contributed by atoms with Crippen molar-refractivity contribution in [3.8, 4) is 0 Å². The number of aromatic nitrogens is 1. The van der Waals surface area contributed by atoms with Crippen molar-refractivity contribution in [1.29, 1.82) is 0 Å². The van der Waals surface area contributed by atoms with Gasteiger partial charge < -0.3 is 15.5 Å². The number of guanidine groups is 1. The summed E-state index contributed by atoms with van der Waals surface area (Å²) in [5, 5.41) is 8.10. The summed E-state index contributed by atoms with van der Waals surface area (Å²) < 4.78 is 0. The first kappa shape index (κ1) is 22.4. The van der Waals surface area contributed by atoms with E-state index in [2.05, 4.69) is 43.0 Å². The number of hydrogen-bond acceptors (Lipinski definition) is 4. The Labute approximate surface area is 176 Å². The SMILES string of the molecule is CN=C(NCCC(=O)Nc1ccc(C)cn1)N(C)CCc1cccs1.I. The molecule has 0 aliphatic rings. The second kappa shape index (κ2) is 11.8. The van der Waals surface area contributed by atoms with Crippen LogP contribution in [0.1, 0.15) is 16.9 Å². The first-order chi connectivity index (χ1) is 12.1. The molecule has 1 amide bonds. The van der Waals surface area contributed by atoms with Crippen molar-refractivity contribution in [2.24, 2.45) is 4.99 Å². The quantitative estimate of drug-likeness (QED) is 0.358. The normalized spacial score (nSPS) is 10.8. The van der Waals surface area contributed by atoms with Crippen molar-refractivity contribution < 1.29 is 4.79 Å². The number of pyridine rings is 1. The minimum atomic E-state index is -0.0689. The molecule has 0 spiro atoms. The van der Waals surface area contributed by atoms with E-state index in [1.54, 1.807) is 30.6 Å². The molecule has 0 saturated heterocycles. The van der Waals surface area contributed by atoms with Crippen LogP contribution in [-0.4, -0.2) is 48.9 Å². The van der Waals surface area contributed by atoms with Gasteiger partial charge in [-0.25, -0.2) is 4.98 Å². The highest BCUT2D eigenvalue weighted by Crippen LogP contribution is 2.09. The molecular weight excluding hydrogens is 461 g/mol. The predicted octanol–water partition coefficient (Wildman–Crippen LogP) is 3.15. The van der Waals surface area contributed by atoms with Gasteiger partial charge in [-0.05, 0) is 36.4 Å². The number of hydrogen-bond donors (Lipinski definition) is 2. The Balaban J connectivity index is 0.00000338. The fourth-order valence-corrected chi connectivity index (χ4v) is 2.96. The first-order valence-electron chi connectivity index (χ1n) is 8.25. The zero-order valence-electron chi connectivity index (χ0n) is 15.4. The van der Waals surface area contributed by atoms with E-state index in [9.17, 15) is 4.79 Å². The Morgan fingerprint density at radius 3 is 2.77 bits per heavy atom. The van der Waals surface area contributed by atoms with Gasteiger partial charge in [0.05, 0.1) is 0 Å². The molecule has 6 nitrogen and oxygen atoms in total. The molecule has 0 radical (unpaired) electrons. The molecule has 0 aliphatic carbocycles. The topological polar surface area (TPSA) is 69.6 Å². The smallest absolute Gasteiger partial charge is 0.227 e. The lowest BCUT2D eigenvalue weighted by Crippen LogP contribution is -2.41. The van der Waals surface area contributed by atoms with Gasteiger partial charge in [0, 0.05) is 44.7 Å². The summed E-state index contributed by atoms with van der Waals surface area (Å²) in [7, 11) is 3.75. The number of amides is 1. The Kier molecular flexibility index (Phi) is 10.2. The highest BCUT2D eigenvalue weighted by atomic mass is 127. The molecule has 0 aliphatic heterocycles. The Hall–Kier alpha value is -1.68. The molecule has 0 saturated carbocycles. The van der Waals surface area contributed by atoms with Crippen molar-refractivity contribution in [3.05, 3.63) is 46.3 Å². The number of aryl methyl sites for hydroxylation is 1. The largest absolute Gasteiger partial charge is 0.356 e. The second-order valence-corrected chi connectivity index (χ2v) is 6.78. The fraction of sp³-hybridized carbons (Fsp3) is 0.389. The van der Waals surface area contributed by atoms with E-state index in [1.165, 1.54) is 4.88 Å². The highest BCUT2D eigenvalue weighted by Gasteiger charge is 2.08. The van der Waals surface area contributed by atoms with Crippen molar-refractivity contribution in [3.63, 3.8) is 0 Å². The number of halogens is 1. The summed E-state index contributed by atoms with van der Waals surface area (Å²) in [5.74, 6) is 1.30. The Morgan fingerprint density at radius 1 is 1.35 bits per heavy atom. The van der Waals surface area contributed by atoms with Crippen LogP contribution in [0.3, 0.4) is 0 Å². The zero-order valence-corrected chi connectivity index (χ0v) is 18.5. The lowest BCUT2D eigenvalue weighted by atomic mass is 10.3. The van der Waals surface area contributed by atoms with Gasteiger partial charge in [0.1, 0.15) is 5.82 Å². The average molecular weight is 487 g/mol. The van der Waals surface area contributed by atoms with Gasteiger partial charge in [0.2, 0.25) is 5.91 Å². The van der Waals surface area contributed by atoms with Crippen molar-refractivity contribution >= 4 is 53.0 Å². The van der Waals surface area contributed by atoms with Crippen LogP contribution in [0.4, 0.5) is 5.82 Å². The Morgan fingerprint density at radius 2 is 2.15 bits per heavy atom. The molecule has 2 aromatic heterocycles. The summed E-state index contributed by atoms with van der Waals surface area (Å²) in [6, 6.07) is 7.93. The van der Waals surface area contributed by atoms with E-state index in [0.29, 0.717) is 18.8 Å². The number of carbonyl (C=O) groups is 1. The number of thiophene rings is 1. The van der Waals surface area contributed by atoms with Gasteiger partial charge in [0.15, 0.2) is 5.96 Å². The molecule has 0 atom stereocenters. The summed E-state index contributed by atoms with van der Waals surface area (Å²) in [5.41, 5.74) is 1.06. The molecule has 0 fully saturated rings. The third kappa shape index (κ3) is 7.69. The van der Waals surface area contributed by atoms with Crippen LogP contribution < -0.4 is 10.6 Å². The number of aliphatic imine (C=N–C) groups is 1. The molecule has 0 aromatic carbocycles. The van der Waals surface area contributed by atoms with Gasteiger partial charge in [-0.1, -0.05) is 12.1 Å². The van der Waals surface area contributed by atoms with Crippen LogP contribution in [-0.2, 0) is 11.2 Å².